The summed E-state index contributed by atoms with van der Waals surface area (Å²) in [6.45, 7) is 4.67. The molecule has 0 amide bonds. The lowest BCUT2D eigenvalue weighted by atomic mass is 10.1. The molecule has 1 aromatic carbocycles. The molecule has 1 heterocycles. The second-order valence-corrected chi connectivity index (χ2v) is 4.42. The van der Waals surface area contributed by atoms with Crippen molar-refractivity contribution in [3.8, 4) is 5.75 Å². The van der Waals surface area contributed by atoms with Gasteiger partial charge in [-0.25, -0.2) is 0 Å². The Kier molecular flexibility index (Phi) is 4.08. The highest BCUT2D eigenvalue weighted by molar-refractivity contribution is 6.09. The molecule has 0 unspecified atom stereocenters. The number of ether oxygens (including phenoxy) is 2. The summed E-state index contributed by atoms with van der Waals surface area (Å²) in [6.07, 6.45) is 2.36. The lowest BCUT2D eigenvalue weighted by Crippen LogP contribution is -2.10. The van der Waals surface area contributed by atoms with E-state index in [1.807, 2.05) is 42.8 Å². The molecule has 0 atom stereocenters. The summed E-state index contributed by atoms with van der Waals surface area (Å²) in [6, 6.07) is 5.73. The highest BCUT2D eigenvalue weighted by Gasteiger charge is 2.14. The first-order valence-electron chi connectivity index (χ1n) is 6.61. The van der Waals surface area contributed by atoms with Gasteiger partial charge in [0.05, 0.1) is 18.2 Å². The van der Waals surface area contributed by atoms with Gasteiger partial charge < -0.3 is 14.0 Å². The van der Waals surface area contributed by atoms with Crippen molar-refractivity contribution in [2.24, 2.45) is 0 Å². The Labute approximate surface area is 118 Å². The number of methoxy groups -OCH3 is 1. The number of benzene rings is 1. The van der Waals surface area contributed by atoms with E-state index < -0.39 is 0 Å². The van der Waals surface area contributed by atoms with Crippen LogP contribution in [0.2, 0.25) is 0 Å². The Morgan fingerprint density at radius 3 is 2.60 bits per heavy atom. The smallest absolute Gasteiger partial charge is 0.223 e. The number of aromatic nitrogens is 1. The van der Waals surface area contributed by atoms with Crippen LogP contribution in [0.15, 0.2) is 24.4 Å². The number of fused-ring (bicyclic) bond motifs is 1. The Morgan fingerprint density at radius 2 is 2.00 bits per heavy atom. The maximum absolute atomic E-state index is 8.02. The zero-order chi connectivity index (χ0) is 14.7. The second kappa shape index (κ2) is 5.77. The highest BCUT2D eigenvalue weighted by Crippen LogP contribution is 2.26. The first-order valence-corrected chi connectivity index (χ1v) is 6.61. The summed E-state index contributed by atoms with van der Waals surface area (Å²) < 4.78 is 12.5. The molecule has 0 aliphatic rings. The van der Waals surface area contributed by atoms with Crippen LogP contribution in [0, 0.1) is 10.8 Å². The minimum Gasteiger partial charge on any atom is -0.497 e. The molecule has 2 N–H and O–H groups in total. The van der Waals surface area contributed by atoms with E-state index in [-0.39, 0.29) is 11.8 Å². The molecule has 0 radical (unpaired) electrons. The molecular formula is C15H19N3O2. The minimum absolute atomic E-state index is 0.0132. The van der Waals surface area contributed by atoms with Crippen LogP contribution in [0.3, 0.4) is 0 Å². The predicted octanol–water partition coefficient (Wildman–Crippen LogP) is 3.40. The topological polar surface area (TPSA) is 71.1 Å². The molecule has 0 saturated heterocycles. The van der Waals surface area contributed by atoms with Crippen LogP contribution in [0.1, 0.15) is 25.8 Å². The van der Waals surface area contributed by atoms with Gasteiger partial charge in [-0.05, 0) is 19.1 Å². The van der Waals surface area contributed by atoms with E-state index in [2.05, 4.69) is 0 Å². The Hall–Kier alpha value is -2.30. The monoisotopic (exact) mass is 273 g/mol. The molecule has 1 aromatic heterocycles. The first-order chi connectivity index (χ1) is 9.60. The SMILES string of the molecule is CCC(=N)OC(=N)c1cn(CC)c2cc(OC)ccc12. The quantitative estimate of drug-likeness (QED) is 0.662. The summed E-state index contributed by atoms with van der Waals surface area (Å²) >= 11 is 0. The summed E-state index contributed by atoms with van der Waals surface area (Å²) in [5, 5.41) is 16.5. The standard InChI is InChI=1S/C15H19N3O2/c1-4-14(16)20-15(17)12-9-18(5-2)13-8-10(19-3)6-7-11(12)13/h6-9,16-17H,4-5H2,1-3H3. The fourth-order valence-corrected chi connectivity index (χ4v) is 2.09. The summed E-state index contributed by atoms with van der Waals surface area (Å²) in [4.78, 5) is 0. The second-order valence-electron chi connectivity index (χ2n) is 4.42. The molecule has 5 heteroatoms. The largest absolute Gasteiger partial charge is 0.497 e. The maximum atomic E-state index is 8.02. The van der Waals surface area contributed by atoms with Gasteiger partial charge in [0.1, 0.15) is 5.75 Å². The average Bonchev–Trinajstić information content (AvgIpc) is 2.84. The molecule has 2 aromatic rings. The summed E-state index contributed by atoms with van der Waals surface area (Å²) in [5.74, 6) is 0.894. The van der Waals surface area contributed by atoms with Crippen LogP contribution in [0.5, 0.6) is 5.75 Å². The van der Waals surface area contributed by atoms with Gasteiger partial charge in [-0.1, -0.05) is 6.92 Å². The van der Waals surface area contributed by atoms with E-state index in [9.17, 15) is 0 Å². The van der Waals surface area contributed by atoms with Crippen LogP contribution in [-0.4, -0.2) is 23.5 Å². The van der Waals surface area contributed by atoms with E-state index in [0.717, 1.165) is 23.2 Å². The van der Waals surface area contributed by atoms with Crippen molar-refractivity contribution in [3.05, 3.63) is 30.0 Å². The van der Waals surface area contributed by atoms with Crippen LogP contribution in [0.25, 0.3) is 10.9 Å². The number of aryl methyl sites for hydroxylation is 1. The lowest BCUT2D eigenvalue weighted by Gasteiger charge is -2.05. The molecular weight excluding hydrogens is 254 g/mol. The van der Waals surface area contributed by atoms with Gasteiger partial charge in [0.15, 0.2) is 5.90 Å². The lowest BCUT2D eigenvalue weighted by molar-refractivity contribution is 0.415. The van der Waals surface area contributed by atoms with Crippen molar-refractivity contribution in [3.63, 3.8) is 0 Å². The van der Waals surface area contributed by atoms with Crippen LogP contribution < -0.4 is 4.74 Å². The van der Waals surface area contributed by atoms with Crippen molar-refractivity contribution in [2.75, 3.05) is 7.11 Å². The number of nitrogens with one attached hydrogen (secondary N) is 2. The zero-order valence-corrected chi connectivity index (χ0v) is 12.0. The van der Waals surface area contributed by atoms with Gasteiger partial charge in [-0.15, -0.1) is 0 Å². The van der Waals surface area contributed by atoms with Gasteiger partial charge in [0.25, 0.3) is 0 Å². The Morgan fingerprint density at radius 1 is 1.25 bits per heavy atom. The average molecular weight is 273 g/mol. The van der Waals surface area contributed by atoms with Crippen LogP contribution in [-0.2, 0) is 11.3 Å². The fraction of sp³-hybridized carbons (Fsp3) is 0.333. The molecule has 0 saturated carbocycles. The van der Waals surface area contributed by atoms with E-state index >= 15 is 0 Å². The van der Waals surface area contributed by atoms with Gasteiger partial charge in [0.2, 0.25) is 5.90 Å². The molecule has 0 bridgehead atoms. The van der Waals surface area contributed by atoms with Gasteiger partial charge in [0, 0.05) is 30.6 Å². The van der Waals surface area contributed by atoms with Crippen molar-refractivity contribution in [2.45, 2.75) is 26.8 Å². The van der Waals surface area contributed by atoms with Gasteiger partial charge >= 0.3 is 0 Å². The van der Waals surface area contributed by atoms with Crippen molar-refractivity contribution < 1.29 is 9.47 Å². The zero-order valence-electron chi connectivity index (χ0n) is 12.0. The van der Waals surface area contributed by atoms with Crippen molar-refractivity contribution in [1.82, 2.24) is 4.57 Å². The third-order valence-electron chi connectivity index (χ3n) is 3.22. The third kappa shape index (κ3) is 2.52. The molecule has 5 nitrogen and oxygen atoms in total. The Bertz CT molecular complexity index is 658. The molecule has 2 rings (SSSR count). The van der Waals surface area contributed by atoms with E-state index in [1.54, 1.807) is 7.11 Å². The normalized spacial score (nSPS) is 10.6. The summed E-state index contributed by atoms with van der Waals surface area (Å²) in [7, 11) is 1.63. The van der Waals surface area contributed by atoms with E-state index in [0.29, 0.717) is 12.0 Å². The number of hydrogen-bond donors (Lipinski definition) is 2. The van der Waals surface area contributed by atoms with Crippen molar-refractivity contribution in [1.29, 1.82) is 10.8 Å². The predicted molar refractivity (Wildman–Crippen MR) is 80.1 cm³/mol. The van der Waals surface area contributed by atoms with E-state index in [4.69, 9.17) is 20.3 Å². The fourth-order valence-electron chi connectivity index (χ4n) is 2.09. The van der Waals surface area contributed by atoms with Crippen LogP contribution >= 0.6 is 0 Å². The molecule has 0 spiro atoms. The highest BCUT2D eigenvalue weighted by atomic mass is 16.5. The molecule has 106 valence electrons. The van der Waals surface area contributed by atoms with Gasteiger partial charge in [-0.3, -0.25) is 10.8 Å². The van der Waals surface area contributed by atoms with Gasteiger partial charge in [-0.2, -0.15) is 0 Å². The van der Waals surface area contributed by atoms with Crippen molar-refractivity contribution >= 4 is 22.7 Å². The number of rotatable bonds is 4. The minimum atomic E-state index is 0.0132. The molecule has 20 heavy (non-hydrogen) atoms. The molecule has 0 fully saturated rings. The number of hydrogen-bond acceptors (Lipinski definition) is 4. The number of nitrogens with zero attached hydrogens (tertiary/aromatic N) is 1. The first kappa shape index (κ1) is 14.1. The molecule has 0 aliphatic carbocycles. The maximum Gasteiger partial charge on any atom is 0.223 e. The third-order valence-corrected chi connectivity index (χ3v) is 3.22. The summed E-state index contributed by atoms with van der Waals surface area (Å²) in [5.41, 5.74) is 1.70. The Balaban J connectivity index is 2.49. The molecule has 0 aliphatic heterocycles. The van der Waals surface area contributed by atoms with Crippen LogP contribution in [0.4, 0.5) is 0 Å². The van der Waals surface area contributed by atoms with E-state index in [1.165, 1.54) is 0 Å².